The van der Waals surface area contributed by atoms with Crippen LogP contribution in [0.25, 0.3) is 5.69 Å². The van der Waals surface area contributed by atoms with Crippen molar-refractivity contribution in [1.82, 2.24) is 14.8 Å². The van der Waals surface area contributed by atoms with Gasteiger partial charge in [0.1, 0.15) is 6.10 Å². The van der Waals surface area contributed by atoms with Crippen molar-refractivity contribution in [2.45, 2.75) is 50.1 Å². The zero-order valence-electron chi connectivity index (χ0n) is 17.6. The van der Waals surface area contributed by atoms with Gasteiger partial charge in [0.2, 0.25) is 5.88 Å². The van der Waals surface area contributed by atoms with E-state index in [2.05, 4.69) is 19.6 Å². The Balaban J connectivity index is 1.44. The van der Waals surface area contributed by atoms with Crippen LogP contribution in [0.4, 0.5) is 22.0 Å². The third-order valence-corrected chi connectivity index (χ3v) is 6.05. The number of ether oxygens (including phenoxy) is 3. The molecular weight excluding hydrogens is 485 g/mol. The number of hydrogen-bond acceptors (Lipinski definition) is 5. The highest BCUT2D eigenvalue weighted by Gasteiger charge is 2.44. The molecule has 0 spiro atoms. The number of fused-ring (bicyclic) bond motifs is 2. The summed E-state index contributed by atoms with van der Waals surface area (Å²) < 4.78 is 83.2. The van der Waals surface area contributed by atoms with E-state index in [4.69, 9.17) is 16.3 Å². The molecule has 12 heteroatoms. The van der Waals surface area contributed by atoms with Crippen LogP contribution >= 0.6 is 11.6 Å². The van der Waals surface area contributed by atoms with Crippen LogP contribution in [0.1, 0.15) is 53.8 Å². The highest BCUT2D eigenvalue weighted by Crippen LogP contribution is 2.44. The first-order valence-corrected chi connectivity index (χ1v) is 10.8. The molecule has 5 rings (SSSR count). The fourth-order valence-corrected chi connectivity index (χ4v) is 4.49. The van der Waals surface area contributed by atoms with Crippen LogP contribution in [-0.2, 0) is 12.6 Å². The summed E-state index contributed by atoms with van der Waals surface area (Å²) >= 11 is 6.39. The third kappa shape index (κ3) is 4.13. The van der Waals surface area contributed by atoms with Crippen LogP contribution in [0.15, 0.2) is 36.5 Å². The molecule has 0 radical (unpaired) electrons. The Morgan fingerprint density at radius 1 is 1.18 bits per heavy atom. The van der Waals surface area contributed by atoms with Crippen LogP contribution in [0, 0.1) is 0 Å². The van der Waals surface area contributed by atoms with Crippen molar-refractivity contribution >= 4 is 11.6 Å². The summed E-state index contributed by atoms with van der Waals surface area (Å²) in [4.78, 5) is 4.12. The summed E-state index contributed by atoms with van der Waals surface area (Å²) in [5.41, 5.74) is 0.272. The Hall–Kier alpha value is -3.08. The van der Waals surface area contributed by atoms with Crippen molar-refractivity contribution in [3.63, 3.8) is 0 Å². The number of aromatic nitrogens is 3. The highest BCUT2D eigenvalue weighted by molar-refractivity contribution is 6.20. The number of benzene rings is 1. The predicted molar refractivity (Wildman–Crippen MR) is 110 cm³/mol. The van der Waals surface area contributed by atoms with Crippen molar-refractivity contribution in [1.29, 1.82) is 0 Å². The molecular formula is C22H17ClF5N3O3. The van der Waals surface area contributed by atoms with Gasteiger partial charge < -0.3 is 14.2 Å². The lowest BCUT2D eigenvalue weighted by Gasteiger charge is -2.20. The molecule has 1 aliphatic carbocycles. The molecule has 3 heterocycles. The second kappa shape index (κ2) is 8.00. The molecule has 1 aliphatic heterocycles. The van der Waals surface area contributed by atoms with Crippen molar-refractivity contribution in [3.05, 3.63) is 59.0 Å². The minimum Gasteiger partial charge on any atom is -0.470 e. The van der Waals surface area contributed by atoms with Crippen molar-refractivity contribution < 1.29 is 36.2 Å². The zero-order valence-corrected chi connectivity index (χ0v) is 18.3. The number of halogens is 6. The fourth-order valence-electron chi connectivity index (χ4n) is 4.11. The van der Waals surface area contributed by atoms with Gasteiger partial charge in [-0.05, 0) is 49.9 Å². The molecule has 1 aromatic carbocycles. The standard InChI is InChI=1S/C22H17ClF5N3O3/c1-11(12-5-6-16-17(9-12)34-22(27,28)33-16)32-18-10-13(7-8-29-18)31-19-14(3-2-4-15(19)23)20(30-31)21(24,25)26/h5-11,15H,2-4H2,1H3/t11-,15?/m0/s1. The average Bonchev–Trinajstić information content (AvgIpc) is 3.30. The maximum atomic E-state index is 13.6. The Labute approximate surface area is 195 Å². The van der Waals surface area contributed by atoms with E-state index in [1.54, 1.807) is 6.92 Å². The van der Waals surface area contributed by atoms with Gasteiger partial charge in [-0.1, -0.05) is 6.07 Å². The predicted octanol–water partition coefficient (Wildman–Crippen LogP) is 6.36. The number of alkyl halides is 6. The van der Waals surface area contributed by atoms with Crippen LogP contribution in [0.2, 0.25) is 0 Å². The maximum absolute atomic E-state index is 13.6. The van der Waals surface area contributed by atoms with Crippen LogP contribution in [0.5, 0.6) is 17.4 Å². The summed E-state index contributed by atoms with van der Waals surface area (Å²) in [5.74, 6) is -0.121. The van der Waals surface area contributed by atoms with E-state index in [-0.39, 0.29) is 29.4 Å². The second-order valence-electron chi connectivity index (χ2n) is 7.97. The molecule has 34 heavy (non-hydrogen) atoms. The summed E-state index contributed by atoms with van der Waals surface area (Å²) in [6.45, 7) is 1.66. The van der Waals surface area contributed by atoms with E-state index in [0.717, 1.165) is 0 Å². The number of rotatable bonds is 4. The first-order chi connectivity index (χ1) is 16.0. The lowest BCUT2D eigenvalue weighted by atomic mass is 9.95. The van der Waals surface area contributed by atoms with Gasteiger partial charge in [0, 0.05) is 17.8 Å². The summed E-state index contributed by atoms with van der Waals surface area (Å²) in [6.07, 6.45) is -6.30. The van der Waals surface area contributed by atoms with Crippen LogP contribution in [-0.4, -0.2) is 21.1 Å². The molecule has 3 aromatic rings. The van der Waals surface area contributed by atoms with Gasteiger partial charge in [-0.3, -0.25) is 0 Å². The van der Waals surface area contributed by atoms with E-state index in [0.29, 0.717) is 29.8 Å². The van der Waals surface area contributed by atoms with Gasteiger partial charge >= 0.3 is 12.5 Å². The van der Waals surface area contributed by atoms with E-state index in [9.17, 15) is 22.0 Å². The summed E-state index contributed by atoms with van der Waals surface area (Å²) in [5, 5.41) is 3.22. The van der Waals surface area contributed by atoms with Gasteiger partial charge in [-0.15, -0.1) is 20.4 Å². The molecule has 0 N–H and O–H groups in total. The maximum Gasteiger partial charge on any atom is 0.586 e. The van der Waals surface area contributed by atoms with E-state index in [1.165, 1.54) is 41.2 Å². The zero-order chi connectivity index (χ0) is 24.3. The molecule has 0 saturated heterocycles. The minimum absolute atomic E-state index is 0.0966. The molecule has 2 atom stereocenters. The van der Waals surface area contributed by atoms with Crippen LogP contribution < -0.4 is 14.2 Å². The van der Waals surface area contributed by atoms with Gasteiger partial charge in [-0.25, -0.2) is 9.67 Å². The lowest BCUT2D eigenvalue weighted by molar-refractivity contribution is -0.286. The van der Waals surface area contributed by atoms with E-state index < -0.39 is 29.6 Å². The molecule has 1 unspecified atom stereocenters. The Morgan fingerprint density at radius 2 is 1.94 bits per heavy atom. The van der Waals surface area contributed by atoms with E-state index >= 15 is 0 Å². The van der Waals surface area contributed by atoms with Crippen LogP contribution in [0.3, 0.4) is 0 Å². The largest absolute Gasteiger partial charge is 0.586 e. The second-order valence-corrected chi connectivity index (χ2v) is 8.49. The molecule has 2 aliphatic rings. The number of nitrogens with zero attached hydrogens (tertiary/aromatic N) is 3. The Morgan fingerprint density at radius 3 is 2.71 bits per heavy atom. The minimum atomic E-state index is -4.61. The Bertz CT molecular complexity index is 1250. The summed E-state index contributed by atoms with van der Waals surface area (Å²) in [6, 6.07) is 7.19. The normalized spacial score (nSPS) is 19.6. The van der Waals surface area contributed by atoms with Gasteiger partial charge in [0.05, 0.1) is 16.8 Å². The van der Waals surface area contributed by atoms with Crippen molar-refractivity contribution in [2.75, 3.05) is 0 Å². The Kier molecular flexibility index (Phi) is 5.34. The van der Waals surface area contributed by atoms with E-state index in [1.807, 2.05) is 0 Å². The topological polar surface area (TPSA) is 58.4 Å². The smallest absolute Gasteiger partial charge is 0.470 e. The quantitative estimate of drug-likeness (QED) is 0.307. The van der Waals surface area contributed by atoms with Crippen molar-refractivity contribution in [3.8, 4) is 23.1 Å². The number of hydrogen-bond donors (Lipinski definition) is 0. The number of pyridine rings is 1. The van der Waals surface area contributed by atoms with Crippen molar-refractivity contribution in [2.24, 2.45) is 0 Å². The summed E-state index contributed by atoms with van der Waals surface area (Å²) in [7, 11) is 0. The first kappa shape index (κ1) is 22.7. The molecule has 2 aromatic heterocycles. The fraction of sp³-hybridized carbons (Fsp3) is 0.364. The van der Waals surface area contributed by atoms with Gasteiger partial charge in [0.25, 0.3) is 0 Å². The third-order valence-electron chi connectivity index (χ3n) is 5.63. The lowest BCUT2D eigenvalue weighted by Crippen LogP contribution is -2.25. The SMILES string of the molecule is C[C@H](Oc1cc(-n2nc(C(F)(F)F)c3c2C(Cl)CCC3)ccn1)c1ccc2c(c1)OC(F)(F)O2. The van der Waals surface area contributed by atoms with Gasteiger partial charge in [0.15, 0.2) is 17.2 Å². The molecule has 6 nitrogen and oxygen atoms in total. The first-order valence-electron chi connectivity index (χ1n) is 10.4. The molecule has 0 saturated carbocycles. The molecule has 0 amide bonds. The monoisotopic (exact) mass is 501 g/mol. The molecule has 180 valence electrons. The molecule has 0 bridgehead atoms. The highest BCUT2D eigenvalue weighted by atomic mass is 35.5. The van der Waals surface area contributed by atoms with Gasteiger partial charge in [-0.2, -0.15) is 18.3 Å². The average molecular weight is 502 g/mol. The molecule has 0 fully saturated rings.